The Morgan fingerprint density at radius 3 is 2.36 bits per heavy atom. The van der Waals surface area contributed by atoms with Crippen molar-refractivity contribution >= 4 is 23.2 Å². The molecule has 184 valence electrons. The second kappa shape index (κ2) is 10.4. The molecule has 1 heterocycles. The molecule has 0 fully saturated rings. The Morgan fingerprint density at radius 1 is 0.889 bits per heavy atom. The fourth-order valence-corrected chi connectivity index (χ4v) is 3.86. The van der Waals surface area contributed by atoms with Gasteiger partial charge in [-0.15, -0.1) is 0 Å². The summed E-state index contributed by atoms with van der Waals surface area (Å²) in [7, 11) is 1.76. The SMILES string of the molecule is Cc1cccc(OCC(=O)Nc2cccc(C(=O)Nc3c(C)n(C)n(-c4ccccc4)c3=O)c2)c1C. The highest BCUT2D eigenvalue weighted by Crippen LogP contribution is 2.21. The van der Waals surface area contributed by atoms with Crippen molar-refractivity contribution in [3.8, 4) is 11.4 Å². The fraction of sp³-hybridized carbons (Fsp3) is 0.179. The molecule has 4 aromatic rings. The molecule has 0 radical (unpaired) electrons. The Hall–Kier alpha value is -4.59. The predicted molar refractivity (Wildman–Crippen MR) is 140 cm³/mol. The minimum Gasteiger partial charge on any atom is -0.483 e. The van der Waals surface area contributed by atoms with Crippen LogP contribution in [0.1, 0.15) is 27.2 Å². The van der Waals surface area contributed by atoms with Crippen LogP contribution in [-0.2, 0) is 11.8 Å². The molecule has 0 spiro atoms. The number of amides is 2. The highest BCUT2D eigenvalue weighted by Gasteiger charge is 2.19. The third-order valence-corrected chi connectivity index (χ3v) is 6.11. The Balaban J connectivity index is 1.46. The quantitative estimate of drug-likeness (QED) is 0.407. The molecule has 0 aliphatic heterocycles. The fourth-order valence-electron chi connectivity index (χ4n) is 3.86. The third-order valence-electron chi connectivity index (χ3n) is 6.11. The van der Waals surface area contributed by atoms with E-state index in [1.54, 1.807) is 42.9 Å². The lowest BCUT2D eigenvalue weighted by Crippen LogP contribution is -2.23. The van der Waals surface area contributed by atoms with E-state index in [9.17, 15) is 14.4 Å². The Morgan fingerprint density at radius 2 is 1.61 bits per heavy atom. The standard InChI is InChI=1S/C28H28N4O4/c1-18-10-8-15-24(19(18)2)36-17-25(33)29-22-12-9-11-21(16-22)27(34)30-26-20(3)31(4)32(28(26)35)23-13-6-5-7-14-23/h5-16H,17H2,1-4H3,(H,29,33)(H,30,34). The van der Waals surface area contributed by atoms with E-state index < -0.39 is 5.91 Å². The number of aryl methyl sites for hydroxylation is 1. The van der Waals surface area contributed by atoms with Crippen LogP contribution in [0.4, 0.5) is 11.4 Å². The Bertz CT molecular complexity index is 1490. The van der Waals surface area contributed by atoms with Crippen LogP contribution < -0.4 is 20.9 Å². The van der Waals surface area contributed by atoms with Gasteiger partial charge < -0.3 is 15.4 Å². The monoisotopic (exact) mass is 484 g/mol. The molecule has 2 N–H and O–H groups in total. The van der Waals surface area contributed by atoms with Gasteiger partial charge in [0.1, 0.15) is 11.4 Å². The van der Waals surface area contributed by atoms with Crippen LogP contribution in [-0.4, -0.2) is 27.8 Å². The summed E-state index contributed by atoms with van der Waals surface area (Å²) >= 11 is 0. The molecule has 4 rings (SSSR count). The first-order valence-electron chi connectivity index (χ1n) is 11.5. The van der Waals surface area contributed by atoms with Crippen molar-refractivity contribution in [1.82, 2.24) is 9.36 Å². The molecule has 0 saturated heterocycles. The highest BCUT2D eigenvalue weighted by molar-refractivity contribution is 6.05. The molecule has 0 saturated carbocycles. The normalized spacial score (nSPS) is 10.7. The maximum atomic E-state index is 13.1. The Labute approximate surface area is 209 Å². The molecular weight excluding hydrogens is 456 g/mol. The lowest BCUT2D eigenvalue weighted by molar-refractivity contribution is -0.118. The molecule has 0 aliphatic rings. The number of rotatable bonds is 7. The van der Waals surface area contributed by atoms with Gasteiger partial charge in [-0.2, -0.15) is 0 Å². The van der Waals surface area contributed by atoms with Gasteiger partial charge in [-0.3, -0.25) is 19.1 Å². The van der Waals surface area contributed by atoms with E-state index in [0.717, 1.165) is 11.1 Å². The molecule has 0 atom stereocenters. The minimum absolute atomic E-state index is 0.164. The van der Waals surface area contributed by atoms with E-state index in [-0.39, 0.29) is 23.8 Å². The van der Waals surface area contributed by atoms with Crippen molar-refractivity contribution in [2.75, 3.05) is 17.2 Å². The van der Waals surface area contributed by atoms with E-state index >= 15 is 0 Å². The number of para-hydroxylation sites is 1. The van der Waals surface area contributed by atoms with Gasteiger partial charge in [-0.25, -0.2) is 4.68 Å². The number of ether oxygens (including phenoxy) is 1. The van der Waals surface area contributed by atoms with E-state index in [0.29, 0.717) is 28.4 Å². The zero-order chi connectivity index (χ0) is 25.8. The minimum atomic E-state index is -0.455. The first-order chi connectivity index (χ1) is 17.3. The van der Waals surface area contributed by atoms with Crippen molar-refractivity contribution in [3.63, 3.8) is 0 Å². The van der Waals surface area contributed by atoms with Crippen LogP contribution in [0, 0.1) is 20.8 Å². The number of carbonyl (C=O) groups is 2. The zero-order valence-corrected chi connectivity index (χ0v) is 20.7. The summed E-state index contributed by atoms with van der Waals surface area (Å²) in [5.41, 5.74) is 3.99. The first-order valence-corrected chi connectivity index (χ1v) is 11.5. The molecule has 8 nitrogen and oxygen atoms in total. The number of anilines is 2. The van der Waals surface area contributed by atoms with Gasteiger partial charge in [0.25, 0.3) is 17.4 Å². The number of nitrogens with zero attached hydrogens (tertiary/aromatic N) is 2. The third kappa shape index (κ3) is 5.07. The maximum absolute atomic E-state index is 13.1. The first kappa shape index (κ1) is 24.5. The summed E-state index contributed by atoms with van der Waals surface area (Å²) in [5, 5.41) is 5.48. The number of benzene rings is 3. The van der Waals surface area contributed by atoms with Crippen LogP contribution in [0.25, 0.3) is 5.69 Å². The van der Waals surface area contributed by atoms with E-state index in [1.807, 2.05) is 62.4 Å². The van der Waals surface area contributed by atoms with Gasteiger partial charge in [0, 0.05) is 18.3 Å². The molecule has 3 aromatic carbocycles. The summed E-state index contributed by atoms with van der Waals surface area (Å²) in [5.74, 6) is -0.153. The summed E-state index contributed by atoms with van der Waals surface area (Å²) < 4.78 is 8.85. The van der Waals surface area contributed by atoms with Gasteiger partial charge in [-0.1, -0.05) is 36.4 Å². The van der Waals surface area contributed by atoms with Crippen molar-refractivity contribution in [2.45, 2.75) is 20.8 Å². The van der Waals surface area contributed by atoms with Crippen LogP contribution >= 0.6 is 0 Å². The average Bonchev–Trinajstić information content (AvgIpc) is 3.08. The lowest BCUT2D eigenvalue weighted by Gasteiger charge is -2.11. The molecule has 2 amide bonds. The number of hydrogen-bond acceptors (Lipinski definition) is 4. The molecule has 0 unspecified atom stereocenters. The van der Waals surface area contributed by atoms with Crippen LogP contribution in [0.5, 0.6) is 5.75 Å². The zero-order valence-electron chi connectivity index (χ0n) is 20.7. The molecule has 1 aromatic heterocycles. The van der Waals surface area contributed by atoms with E-state index in [2.05, 4.69) is 10.6 Å². The van der Waals surface area contributed by atoms with Crippen molar-refractivity contribution < 1.29 is 14.3 Å². The van der Waals surface area contributed by atoms with Crippen molar-refractivity contribution in [1.29, 1.82) is 0 Å². The average molecular weight is 485 g/mol. The smallest absolute Gasteiger partial charge is 0.295 e. The second-order valence-electron chi connectivity index (χ2n) is 8.51. The largest absolute Gasteiger partial charge is 0.483 e. The van der Waals surface area contributed by atoms with Crippen LogP contribution in [0.15, 0.2) is 77.6 Å². The number of carbonyl (C=O) groups excluding carboxylic acids is 2. The maximum Gasteiger partial charge on any atom is 0.295 e. The molecule has 0 aliphatic carbocycles. The van der Waals surface area contributed by atoms with Gasteiger partial charge in [-0.05, 0) is 68.3 Å². The predicted octanol–water partition coefficient (Wildman–Crippen LogP) is 4.37. The summed E-state index contributed by atoms with van der Waals surface area (Å²) in [4.78, 5) is 38.5. The lowest BCUT2D eigenvalue weighted by atomic mass is 10.1. The second-order valence-corrected chi connectivity index (χ2v) is 8.51. The van der Waals surface area contributed by atoms with Crippen molar-refractivity contribution in [2.24, 2.45) is 7.05 Å². The van der Waals surface area contributed by atoms with Gasteiger partial charge in [0.05, 0.1) is 11.4 Å². The summed E-state index contributed by atoms with van der Waals surface area (Å²) in [6.45, 7) is 5.52. The summed E-state index contributed by atoms with van der Waals surface area (Å²) in [6.07, 6.45) is 0. The van der Waals surface area contributed by atoms with Crippen molar-refractivity contribution in [3.05, 3.63) is 106 Å². The van der Waals surface area contributed by atoms with E-state index in [1.165, 1.54) is 4.68 Å². The highest BCUT2D eigenvalue weighted by atomic mass is 16.5. The molecule has 0 bridgehead atoms. The van der Waals surface area contributed by atoms with Crippen LogP contribution in [0.2, 0.25) is 0 Å². The number of aromatic nitrogens is 2. The summed E-state index contributed by atoms with van der Waals surface area (Å²) in [6, 6.07) is 21.4. The van der Waals surface area contributed by atoms with Gasteiger partial charge in [0.15, 0.2) is 6.61 Å². The van der Waals surface area contributed by atoms with E-state index in [4.69, 9.17) is 4.74 Å². The number of nitrogens with one attached hydrogen (secondary N) is 2. The van der Waals surface area contributed by atoms with Gasteiger partial charge in [0.2, 0.25) is 0 Å². The molecular formula is C28H28N4O4. The molecule has 8 heteroatoms. The number of hydrogen-bond donors (Lipinski definition) is 2. The molecule has 36 heavy (non-hydrogen) atoms. The Kier molecular flexibility index (Phi) is 7.05. The topological polar surface area (TPSA) is 94.4 Å². The van der Waals surface area contributed by atoms with Gasteiger partial charge >= 0.3 is 0 Å². The van der Waals surface area contributed by atoms with Crippen LogP contribution in [0.3, 0.4) is 0 Å².